The predicted octanol–water partition coefficient (Wildman–Crippen LogP) is 10.1. The summed E-state index contributed by atoms with van der Waals surface area (Å²) in [5, 5.41) is 6.29. The molecule has 198 valence electrons. The van der Waals surface area contributed by atoms with E-state index < -0.39 is 0 Å². The molecule has 0 unspecified atom stereocenters. The molecule has 3 heterocycles. The van der Waals surface area contributed by atoms with Gasteiger partial charge >= 0.3 is 0 Å². The van der Waals surface area contributed by atoms with Crippen LogP contribution in [0.1, 0.15) is 5.69 Å². The van der Waals surface area contributed by atoms with Gasteiger partial charge in [-0.1, -0.05) is 72.8 Å². The topological polar surface area (TPSA) is 14.8 Å². The van der Waals surface area contributed by atoms with E-state index in [1.807, 2.05) is 0 Å². The summed E-state index contributed by atoms with van der Waals surface area (Å²) in [5.41, 5.74) is 10.8. The zero-order valence-corrected chi connectivity index (χ0v) is 23.2. The lowest BCUT2D eigenvalue weighted by molar-refractivity contribution is 1.06. The number of nitrogens with zero attached hydrogens (tertiary/aromatic N) is 3. The number of para-hydroxylation sites is 4. The fraction of sp³-hybridized carbons (Fsp3) is 0.0256. The fourth-order valence-electron chi connectivity index (χ4n) is 6.97. The highest BCUT2D eigenvalue weighted by Gasteiger charge is 2.17. The standard InChI is InChI=1S/C39H27N3/c1-26-23-27-11-5-8-16-35(27)40(26)29-19-21-38-33(24-29)34-25-30(20-22-39(34)41(38)28-12-3-2-4-13-28)42-36-17-9-6-14-31(36)32-15-7-10-18-37(32)42/h2-25H,1H3. The number of hydrogen-bond acceptors (Lipinski definition) is 0. The van der Waals surface area contributed by atoms with Gasteiger partial charge in [-0.05, 0) is 79.7 Å². The maximum atomic E-state index is 2.41. The van der Waals surface area contributed by atoms with Crippen molar-refractivity contribution < 1.29 is 0 Å². The highest BCUT2D eigenvalue weighted by Crippen LogP contribution is 2.38. The van der Waals surface area contributed by atoms with Crippen molar-refractivity contribution in [1.82, 2.24) is 13.7 Å². The van der Waals surface area contributed by atoms with Crippen LogP contribution in [0.15, 0.2) is 146 Å². The van der Waals surface area contributed by atoms with Gasteiger partial charge in [0.1, 0.15) is 0 Å². The maximum Gasteiger partial charge on any atom is 0.0542 e. The van der Waals surface area contributed by atoms with Crippen molar-refractivity contribution in [2.75, 3.05) is 0 Å². The number of hydrogen-bond donors (Lipinski definition) is 0. The average molecular weight is 538 g/mol. The van der Waals surface area contributed by atoms with Gasteiger partial charge in [0, 0.05) is 49.7 Å². The van der Waals surface area contributed by atoms with Gasteiger partial charge in [-0.2, -0.15) is 0 Å². The zero-order chi connectivity index (χ0) is 27.8. The third-order valence-corrected chi connectivity index (χ3v) is 8.74. The summed E-state index contributed by atoms with van der Waals surface area (Å²) in [4.78, 5) is 0. The molecule has 0 saturated carbocycles. The van der Waals surface area contributed by atoms with E-state index in [-0.39, 0.29) is 0 Å². The van der Waals surface area contributed by atoms with Gasteiger partial charge in [-0.25, -0.2) is 0 Å². The lowest BCUT2D eigenvalue weighted by Crippen LogP contribution is -1.97. The summed E-state index contributed by atoms with van der Waals surface area (Å²) in [6.07, 6.45) is 0. The molecule has 9 aromatic rings. The average Bonchev–Trinajstić information content (AvgIpc) is 3.67. The monoisotopic (exact) mass is 537 g/mol. The fourth-order valence-corrected chi connectivity index (χ4v) is 6.97. The van der Waals surface area contributed by atoms with E-state index in [2.05, 4.69) is 166 Å². The van der Waals surface area contributed by atoms with Crippen molar-refractivity contribution in [2.45, 2.75) is 6.92 Å². The Balaban J connectivity index is 1.37. The van der Waals surface area contributed by atoms with Crippen LogP contribution in [-0.4, -0.2) is 13.7 Å². The summed E-state index contributed by atoms with van der Waals surface area (Å²) in [5.74, 6) is 0. The molecule has 6 aromatic carbocycles. The molecule has 0 amide bonds. The first-order valence-corrected chi connectivity index (χ1v) is 14.5. The van der Waals surface area contributed by atoms with Crippen molar-refractivity contribution in [1.29, 1.82) is 0 Å². The van der Waals surface area contributed by atoms with E-state index >= 15 is 0 Å². The van der Waals surface area contributed by atoms with Crippen LogP contribution in [0.4, 0.5) is 0 Å². The van der Waals surface area contributed by atoms with E-state index in [1.165, 1.54) is 71.6 Å². The molecule has 42 heavy (non-hydrogen) atoms. The number of fused-ring (bicyclic) bond motifs is 7. The largest absolute Gasteiger partial charge is 0.314 e. The van der Waals surface area contributed by atoms with Gasteiger partial charge in [0.25, 0.3) is 0 Å². The van der Waals surface area contributed by atoms with Crippen molar-refractivity contribution in [3.05, 3.63) is 151 Å². The number of aryl methyl sites for hydroxylation is 1. The van der Waals surface area contributed by atoms with Gasteiger partial charge in [-0.3, -0.25) is 0 Å². The van der Waals surface area contributed by atoms with E-state index in [0.29, 0.717) is 0 Å². The Bertz CT molecular complexity index is 2420. The minimum atomic E-state index is 1.16. The highest BCUT2D eigenvalue weighted by atomic mass is 15.0. The Morgan fingerprint density at radius 1 is 0.333 bits per heavy atom. The molecule has 0 aliphatic heterocycles. The Labute approximate surface area is 243 Å². The molecule has 0 atom stereocenters. The Morgan fingerprint density at radius 2 is 0.810 bits per heavy atom. The zero-order valence-electron chi connectivity index (χ0n) is 23.2. The van der Waals surface area contributed by atoms with E-state index in [0.717, 1.165) is 5.69 Å². The number of benzene rings is 6. The van der Waals surface area contributed by atoms with Crippen LogP contribution in [0.5, 0.6) is 0 Å². The quantitative estimate of drug-likeness (QED) is 0.213. The molecular formula is C39H27N3. The van der Waals surface area contributed by atoms with Crippen LogP contribution >= 0.6 is 0 Å². The Morgan fingerprint density at radius 3 is 1.45 bits per heavy atom. The summed E-state index contributed by atoms with van der Waals surface area (Å²) >= 11 is 0. The summed E-state index contributed by atoms with van der Waals surface area (Å²) < 4.78 is 7.17. The van der Waals surface area contributed by atoms with Crippen molar-refractivity contribution in [3.8, 4) is 17.1 Å². The van der Waals surface area contributed by atoms with Gasteiger partial charge in [0.05, 0.1) is 27.6 Å². The normalized spacial score (nSPS) is 11.9. The SMILES string of the molecule is Cc1cc2ccccc2n1-c1ccc2c(c1)c1cc(-n3c4ccccc4c4ccccc43)ccc1n2-c1ccccc1. The van der Waals surface area contributed by atoms with Crippen molar-refractivity contribution >= 4 is 54.5 Å². The summed E-state index contributed by atoms with van der Waals surface area (Å²) in [6, 6.07) is 52.9. The lowest BCUT2D eigenvalue weighted by Gasteiger charge is -2.10. The minimum absolute atomic E-state index is 1.16. The molecule has 0 N–H and O–H groups in total. The third kappa shape index (κ3) is 3.22. The lowest BCUT2D eigenvalue weighted by atomic mass is 10.1. The van der Waals surface area contributed by atoms with Crippen LogP contribution in [0.25, 0.3) is 71.6 Å². The Kier molecular flexibility index (Phi) is 4.82. The first kappa shape index (κ1) is 23.2. The number of aromatic nitrogens is 3. The first-order valence-electron chi connectivity index (χ1n) is 14.5. The highest BCUT2D eigenvalue weighted by molar-refractivity contribution is 6.12. The van der Waals surface area contributed by atoms with Gasteiger partial charge in [0.15, 0.2) is 0 Å². The molecule has 0 saturated heterocycles. The van der Waals surface area contributed by atoms with E-state index in [4.69, 9.17) is 0 Å². The second-order valence-corrected chi connectivity index (χ2v) is 11.1. The van der Waals surface area contributed by atoms with Gasteiger partial charge < -0.3 is 13.7 Å². The molecule has 0 radical (unpaired) electrons. The Hall–Kier alpha value is -5.54. The van der Waals surface area contributed by atoms with Crippen LogP contribution in [0.2, 0.25) is 0 Å². The third-order valence-electron chi connectivity index (χ3n) is 8.74. The van der Waals surface area contributed by atoms with Crippen LogP contribution < -0.4 is 0 Å². The number of rotatable bonds is 3. The first-order chi connectivity index (χ1) is 20.8. The molecule has 0 bridgehead atoms. The maximum absolute atomic E-state index is 2.41. The smallest absolute Gasteiger partial charge is 0.0542 e. The van der Waals surface area contributed by atoms with Crippen LogP contribution in [0, 0.1) is 6.92 Å². The molecule has 3 heteroatoms. The molecule has 3 nitrogen and oxygen atoms in total. The second-order valence-electron chi connectivity index (χ2n) is 11.1. The van der Waals surface area contributed by atoms with E-state index in [9.17, 15) is 0 Å². The predicted molar refractivity (Wildman–Crippen MR) is 177 cm³/mol. The van der Waals surface area contributed by atoms with Crippen LogP contribution in [0.3, 0.4) is 0 Å². The van der Waals surface area contributed by atoms with Crippen LogP contribution in [-0.2, 0) is 0 Å². The molecular weight excluding hydrogens is 510 g/mol. The minimum Gasteiger partial charge on any atom is -0.314 e. The molecule has 0 fully saturated rings. The van der Waals surface area contributed by atoms with Crippen molar-refractivity contribution in [2.24, 2.45) is 0 Å². The summed E-state index contributed by atoms with van der Waals surface area (Å²) in [6.45, 7) is 2.19. The molecule has 0 aliphatic rings. The molecule has 0 aliphatic carbocycles. The van der Waals surface area contributed by atoms with E-state index in [1.54, 1.807) is 0 Å². The molecule has 9 rings (SSSR count). The second kappa shape index (κ2) is 8.73. The van der Waals surface area contributed by atoms with Crippen molar-refractivity contribution in [3.63, 3.8) is 0 Å². The molecule has 0 spiro atoms. The van der Waals surface area contributed by atoms with Gasteiger partial charge in [-0.15, -0.1) is 0 Å². The summed E-state index contributed by atoms with van der Waals surface area (Å²) in [7, 11) is 0. The molecule has 3 aromatic heterocycles. The van der Waals surface area contributed by atoms with Gasteiger partial charge in [0.2, 0.25) is 0 Å².